The molecule has 12 aromatic rings. The van der Waals surface area contributed by atoms with Crippen LogP contribution in [0.15, 0.2) is 243 Å². The summed E-state index contributed by atoms with van der Waals surface area (Å²) in [6, 6.07) is 95.0. The predicted octanol–water partition coefficient (Wildman–Crippen LogP) is 28.3. The maximum Gasteiger partial charge on any atom is 0.252 e. The standard InChI is InChI=1S/C66H78BN3.C47H55BN2/c1-61(2,3)43-19-29-49(30-20-43)68(50-31-21-44(22-32-50)62(4,5)6)53-41-58-60-59(42-53)70(52-35-25-46(26-36-52)64(10,11)12)57-38-28-48(66(16,17)18)40-55(57)67(60)54-39-47(65(13,14)15)27-37-56(54)69(58)51-33-23-45(24-34-51)63(7,8)9;1-30-26-41-43-42(27-30)50(36-22-16-32(17-23-36)45(5,6)7)40-25-19-34(47(11,12)13)29-38(40)48(43)37-28-33(46(8,9)10)18-24-39(37)49(41)35-20-14-31(15-21-35)44(2,3)4/h19-42H,1-18H3;14-29H,1-13H3. The van der Waals surface area contributed by atoms with E-state index in [4.69, 9.17) is 0 Å². The van der Waals surface area contributed by atoms with Crippen molar-refractivity contribution in [2.45, 2.75) is 269 Å². The molecule has 4 heterocycles. The van der Waals surface area contributed by atoms with Crippen molar-refractivity contribution in [3.63, 3.8) is 0 Å². The van der Waals surface area contributed by atoms with Crippen LogP contribution in [0.5, 0.6) is 0 Å². The van der Waals surface area contributed by atoms with E-state index in [0.29, 0.717) is 0 Å². The lowest BCUT2D eigenvalue weighted by molar-refractivity contribution is 0.590. The average Bonchev–Trinajstić information content (AvgIpc) is 0.697. The van der Waals surface area contributed by atoms with Crippen LogP contribution in [0.3, 0.4) is 0 Å². The van der Waals surface area contributed by atoms with Crippen LogP contribution < -0.4 is 57.3 Å². The first-order valence-electron chi connectivity index (χ1n) is 44.3. The maximum absolute atomic E-state index is 2.58. The summed E-state index contributed by atoms with van der Waals surface area (Å²) in [7, 11) is 0. The zero-order chi connectivity index (χ0) is 86.8. The summed E-state index contributed by atoms with van der Waals surface area (Å²) in [5, 5.41) is 0. The lowest BCUT2D eigenvalue weighted by Crippen LogP contribution is -2.61. The molecule has 0 bridgehead atoms. The van der Waals surface area contributed by atoms with E-state index in [0.717, 1.165) is 28.4 Å². The summed E-state index contributed by atoms with van der Waals surface area (Å²) in [6.07, 6.45) is 0. The number of aryl methyl sites for hydroxylation is 1. The van der Waals surface area contributed by atoms with Crippen molar-refractivity contribution in [3.8, 4) is 0 Å². The molecular formula is C113H133B2N5. The van der Waals surface area contributed by atoms with E-state index in [1.807, 2.05) is 0 Å². The fourth-order valence-corrected chi connectivity index (χ4v) is 18.4. The molecule has 0 saturated heterocycles. The Labute approximate surface area is 723 Å². The van der Waals surface area contributed by atoms with Crippen LogP contribution in [0.4, 0.5) is 85.3 Å². The fraction of sp³-hybridized carbons (Fsp3) is 0.363. The molecule has 4 aliphatic rings. The van der Waals surface area contributed by atoms with E-state index >= 15 is 0 Å². The van der Waals surface area contributed by atoms with Crippen LogP contribution in [0.25, 0.3) is 0 Å². The van der Waals surface area contributed by atoms with Crippen LogP contribution in [-0.2, 0) is 54.1 Å². The first-order chi connectivity index (χ1) is 55.7. The van der Waals surface area contributed by atoms with E-state index < -0.39 is 0 Å². The first-order valence-corrected chi connectivity index (χ1v) is 44.3. The Morgan fingerprint density at radius 2 is 0.358 bits per heavy atom. The predicted molar refractivity (Wildman–Crippen MR) is 527 cm³/mol. The molecule has 12 aromatic carbocycles. The monoisotopic (exact) mass is 1580 g/mol. The second-order valence-electron chi connectivity index (χ2n) is 45.5. The Morgan fingerprint density at radius 1 is 0.183 bits per heavy atom. The highest BCUT2D eigenvalue weighted by atomic mass is 15.2. The quantitative estimate of drug-likeness (QED) is 0.147. The second kappa shape index (κ2) is 29.5. The highest BCUT2D eigenvalue weighted by Gasteiger charge is 2.48. The van der Waals surface area contributed by atoms with E-state index in [-0.39, 0.29) is 67.6 Å². The van der Waals surface area contributed by atoms with Gasteiger partial charge in [-0.15, -0.1) is 0 Å². The Morgan fingerprint density at radius 3 is 0.550 bits per heavy atom. The summed E-state index contributed by atoms with van der Waals surface area (Å²) >= 11 is 0. The molecule has 616 valence electrons. The van der Waals surface area contributed by atoms with Crippen molar-refractivity contribution in [1.82, 2.24) is 0 Å². The molecule has 0 spiro atoms. The number of hydrogen-bond acceptors (Lipinski definition) is 5. The van der Waals surface area contributed by atoms with Gasteiger partial charge in [-0.25, -0.2) is 0 Å². The van der Waals surface area contributed by atoms with E-state index in [9.17, 15) is 0 Å². The van der Waals surface area contributed by atoms with Crippen molar-refractivity contribution in [3.05, 3.63) is 304 Å². The van der Waals surface area contributed by atoms with Crippen molar-refractivity contribution in [2.75, 3.05) is 24.5 Å². The molecule has 0 atom stereocenters. The van der Waals surface area contributed by atoms with Gasteiger partial charge in [-0.3, -0.25) is 0 Å². The summed E-state index contributed by atoms with van der Waals surface area (Å²) in [4.78, 5) is 12.7. The van der Waals surface area contributed by atoms with Gasteiger partial charge < -0.3 is 24.5 Å². The first kappa shape index (κ1) is 84.8. The summed E-state index contributed by atoms with van der Waals surface area (Å²) in [5.74, 6) is 0. The lowest BCUT2D eigenvalue weighted by atomic mass is 9.33. The Bertz CT molecular complexity index is 5520. The SMILES string of the molecule is CC(C)(C)c1ccc(N(c2ccc(C(C)(C)C)cc2)c2cc3c4c(c2)N(c2ccc(C(C)(C)C)cc2)c2ccc(C(C)(C)C)cc2B4c2cc(C(C)(C)C)ccc2N3c2ccc(C(C)(C)C)cc2)cc1.Cc1cc2c3c(c1)N(c1ccc(C(C)(C)C)cc1)c1ccc(C(C)(C)C)cc1B3c1cc(C(C)(C)C)ccc1N2c1ccc(C(C)(C)C)cc1. The van der Waals surface area contributed by atoms with Gasteiger partial charge in [-0.1, -0.05) is 329 Å². The minimum atomic E-state index is -0.0433. The largest absolute Gasteiger partial charge is 0.311 e. The van der Waals surface area contributed by atoms with Gasteiger partial charge in [0.15, 0.2) is 0 Å². The minimum Gasteiger partial charge on any atom is -0.311 e. The smallest absolute Gasteiger partial charge is 0.252 e. The minimum absolute atomic E-state index is 0.0190. The van der Waals surface area contributed by atoms with Crippen LogP contribution >= 0.6 is 0 Å². The molecule has 7 heteroatoms. The molecular weight excluding hydrogens is 1450 g/mol. The van der Waals surface area contributed by atoms with Gasteiger partial charge in [0, 0.05) is 79.6 Å². The molecule has 0 saturated carbocycles. The third-order valence-electron chi connectivity index (χ3n) is 25.9. The molecule has 4 aliphatic heterocycles. The Balaban J connectivity index is 0.000000198. The van der Waals surface area contributed by atoms with Crippen molar-refractivity contribution >= 4 is 132 Å². The Kier molecular flexibility index (Phi) is 20.9. The van der Waals surface area contributed by atoms with E-state index in [2.05, 4.69) is 482 Å². The number of rotatable bonds is 7. The number of nitrogens with zero attached hydrogens (tertiary/aromatic N) is 5. The third-order valence-corrected chi connectivity index (χ3v) is 25.9. The number of fused-ring (bicyclic) bond motifs is 8. The van der Waals surface area contributed by atoms with Gasteiger partial charge in [0.2, 0.25) is 0 Å². The molecule has 0 N–H and O–H groups in total. The third kappa shape index (κ3) is 15.9. The number of benzene rings is 12. The molecule has 0 unspecified atom stereocenters. The highest BCUT2D eigenvalue weighted by Crippen LogP contribution is 2.52. The fourth-order valence-electron chi connectivity index (χ4n) is 18.4. The molecule has 5 nitrogen and oxygen atoms in total. The summed E-state index contributed by atoms with van der Waals surface area (Å²) in [6.45, 7) is 71.8. The Hall–Kier alpha value is -10.2. The van der Waals surface area contributed by atoms with E-state index in [1.165, 1.54) is 151 Å². The second-order valence-corrected chi connectivity index (χ2v) is 45.5. The summed E-state index contributed by atoms with van der Waals surface area (Å²) < 4.78 is 0. The molecule has 0 radical (unpaired) electrons. The van der Waals surface area contributed by atoms with Gasteiger partial charge in [0.1, 0.15) is 0 Å². The molecule has 0 aromatic heterocycles. The molecule has 120 heavy (non-hydrogen) atoms. The van der Waals surface area contributed by atoms with Gasteiger partial charge in [-0.2, -0.15) is 0 Å². The van der Waals surface area contributed by atoms with Crippen LogP contribution in [0.2, 0.25) is 0 Å². The average molecular weight is 1580 g/mol. The topological polar surface area (TPSA) is 16.2 Å². The molecule has 0 amide bonds. The highest BCUT2D eigenvalue weighted by molar-refractivity contribution is 7.01. The molecule has 0 aliphatic carbocycles. The van der Waals surface area contributed by atoms with E-state index in [1.54, 1.807) is 0 Å². The molecule has 16 rings (SSSR count). The zero-order valence-electron chi connectivity index (χ0n) is 78.5. The van der Waals surface area contributed by atoms with Crippen molar-refractivity contribution in [2.24, 2.45) is 0 Å². The van der Waals surface area contributed by atoms with Crippen molar-refractivity contribution in [1.29, 1.82) is 0 Å². The van der Waals surface area contributed by atoms with Crippen molar-refractivity contribution < 1.29 is 0 Å². The van der Waals surface area contributed by atoms with Gasteiger partial charge >= 0.3 is 0 Å². The van der Waals surface area contributed by atoms with Crippen LogP contribution in [0.1, 0.15) is 269 Å². The van der Waals surface area contributed by atoms with Gasteiger partial charge in [0.25, 0.3) is 13.4 Å². The van der Waals surface area contributed by atoms with Crippen LogP contribution in [-0.4, -0.2) is 13.4 Å². The zero-order valence-corrected chi connectivity index (χ0v) is 78.5. The maximum atomic E-state index is 2.58. The van der Waals surface area contributed by atoms with Gasteiger partial charge in [0.05, 0.1) is 5.69 Å². The van der Waals surface area contributed by atoms with Gasteiger partial charge in [-0.05, 0) is 276 Å². The van der Waals surface area contributed by atoms with Crippen LogP contribution in [0, 0.1) is 6.92 Å². The normalized spacial score (nSPS) is 14.2. The lowest BCUT2D eigenvalue weighted by Gasteiger charge is -2.45. The number of hydrogen-bond donors (Lipinski definition) is 0. The molecule has 0 fully saturated rings. The summed E-state index contributed by atoms with van der Waals surface area (Å²) in [5.41, 5.74) is 41.0. The number of anilines is 15.